The van der Waals surface area contributed by atoms with Gasteiger partial charge in [-0.2, -0.15) is 5.10 Å². The van der Waals surface area contributed by atoms with Gasteiger partial charge >= 0.3 is 11.9 Å². The van der Waals surface area contributed by atoms with Crippen molar-refractivity contribution < 1.29 is 28.6 Å². The van der Waals surface area contributed by atoms with E-state index in [1.807, 2.05) is 34.7 Å². The molecule has 1 aromatic heterocycles. The van der Waals surface area contributed by atoms with Crippen molar-refractivity contribution in [2.75, 3.05) is 13.2 Å². The molecule has 0 saturated heterocycles. The molecule has 11 heteroatoms. The first-order chi connectivity index (χ1) is 14.8. The van der Waals surface area contributed by atoms with E-state index in [1.165, 1.54) is 6.21 Å². The lowest BCUT2D eigenvalue weighted by atomic mass is 10.2. The summed E-state index contributed by atoms with van der Waals surface area (Å²) in [6.45, 7) is 1.69. The fourth-order valence-corrected chi connectivity index (χ4v) is 4.73. The van der Waals surface area contributed by atoms with E-state index in [0.29, 0.717) is 32.8 Å². The van der Waals surface area contributed by atoms with Crippen molar-refractivity contribution in [1.29, 1.82) is 0 Å². The highest BCUT2D eigenvalue weighted by molar-refractivity contribution is 14.1. The molecule has 0 spiro atoms. The second-order valence-electron chi connectivity index (χ2n) is 6.06. The number of carbonyl (C=O) groups is 2. The zero-order valence-corrected chi connectivity index (χ0v) is 21.3. The number of furan rings is 1. The van der Waals surface area contributed by atoms with Gasteiger partial charge in [0.15, 0.2) is 23.9 Å². The Balaban J connectivity index is 1.76. The maximum absolute atomic E-state index is 12.4. The van der Waals surface area contributed by atoms with Crippen molar-refractivity contribution in [3.8, 4) is 11.5 Å². The third kappa shape index (κ3) is 5.98. The molecular weight excluding hydrogens is 651 g/mol. The van der Waals surface area contributed by atoms with E-state index >= 15 is 0 Å². The molecule has 0 aliphatic rings. The summed E-state index contributed by atoms with van der Waals surface area (Å²) in [5, 5.41) is 13.6. The SMILES string of the molecule is CCOc1cc(/C=N\NC(=O)c2cc3cc(Br)cc(Br)c3o2)cc(I)c1OCC(=O)O. The van der Waals surface area contributed by atoms with Crippen molar-refractivity contribution >= 4 is 83.5 Å². The maximum atomic E-state index is 12.4. The number of benzene rings is 2. The number of carbonyl (C=O) groups excluding carboxylic acids is 1. The average Bonchev–Trinajstić information content (AvgIpc) is 3.12. The number of halogens is 3. The third-order valence-electron chi connectivity index (χ3n) is 3.81. The van der Waals surface area contributed by atoms with Gasteiger partial charge in [0.05, 0.1) is 20.9 Å². The minimum atomic E-state index is -1.09. The van der Waals surface area contributed by atoms with Gasteiger partial charge in [0.25, 0.3) is 0 Å². The van der Waals surface area contributed by atoms with Crippen molar-refractivity contribution in [3.63, 3.8) is 0 Å². The molecule has 31 heavy (non-hydrogen) atoms. The molecule has 0 aliphatic carbocycles. The van der Waals surface area contributed by atoms with Crippen LogP contribution in [0.2, 0.25) is 0 Å². The monoisotopic (exact) mass is 664 g/mol. The molecule has 0 radical (unpaired) electrons. The third-order valence-corrected chi connectivity index (χ3v) is 5.66. The van der Waals surface area contributed by atoms with E-state index in [2.05, 4.69) is 42.4 Å². The lowest BCUT2D eigenvalue weighted by Crippen LogP contribution is -2.16. The Hall–Kier alpha value is -2.12. The quantitative estimate of drug-likeness (QED) is 0.195. The van der Waals surface area contributed by atoms with Gasteiger partial charge in [-0.05, 0) is 81.3 Å². The van der Waals surface area contributed by atoms with Gasteiger partial charge in [0, 0.05) is 9.86 Å². The highest BCUT2D eigenvalue weighted by atomic mass is 127. The molecule has 162 valence electrons. The largest absolute Gasteiger partial charge is 0.490 e. The lowest BCUT2D eigenvalue weighted by Gasteiger charge is -2.13. The Kier molecular flexibility index (Phi) is 7.94. The minimum absolute atomic E-state index is 0.118. The van der Waals surface area contributed by atoms with Gasteiger partial charge in [-0.1, -0.05) is 15.9 Å². The number of fused-ring (bicyclic) bond motifs is 1. The molecular formula is C20H15Br2IN2O6. The minimum Gasteiger partial charge on any atom is -0.490 e. The van der Waals surface area contributed by atoms with E-state index in [9.17, 15) is 9.59 Å². The first-order valence-electron chi connectivity index (χ1n) is 8.81. The van der Waals surface area contributed by atoms with Crippen LogP contribution in [0.1, 0.15) is 23.0 Å². The summed E-state index contributed by atoms with van der Waals surface area (Å²) in [5.41, 5.74) is 3.62. The van der Waals surface area contributed by atoms with Gasteiger partial charge in [0.1, 0.15) is 5.58 Å². The van der Waals surface area contributed by atoms with E-state index < -0.39 is 18.5 Å². The number of ether oxygens (including phenoxy) is 2. The van der Waals surface area contributed by atoms with Crippen LogP contribution in [0.3, 0.4) is 0 Å². The summed E-state index contributed by atoms with van der Waals surface area (Å²) in [6, 6.07) is 8.67. The molecule has 0 atom stereocenters. The molecule has 0 saturated carbocycles. The van der Waals surface area contributed by atoms with Gasteiger partial charge in [0.2, 0.25) is 0 Å². The summed E-state index contributed by atoms with van der Waals surface area (Å²) in [5.74, 6) is -0.748. The molecule has 1 amide bonds. The fourth-order valence-electron chi connectivity index (χ4n) is 2.61. The van der Waals surface area contributed by atoms with Gasteiger partial charge in [-0.3, -0.25) is 4.79 Å². The predicted octanol–water partition coefficient (Wildman–Crippen LogP) is 5.19. The topological polar surface area (TPSA) is 110 Å². The van der Waals surface area contributed by atoms with Gasteiger partial charge in [-0.25, -0.2) is 10.2 Å². The summed E-state index contributed by atoms with van der Waals surface area (Å²) in [7, 11) is 0. The lowest BCUT2D eigenvalue weighted by molar-refractivity contribution is -0.139. The molecule has 8 nitrogen and oxygen atoms in total. The smallest absolute Gasteiger partial charge is 0.341 e. The summed E-state index contributed by atoms with van der Waals surface area (Å²) >= 11 is 8.82. The molecule has 0 unspecified atom stereocenters. The second kappa shape index (κ2) is 10.5. The standard InChI is InChI=1S/C20H15Br2IN2O6/c1-2-29-15-4-10(3-14(23)19(15)30-9-17(26)27)8-24-25-20(28)16-6-11-5-12(21)7-13(22)18(11)31-16/h3-8H,2,9H2,1H3,(H,25,28)(H,26,27)/b24-8-. The molecule has 0 fully saturated rings. The summed E-state index contributed by atoms with van der Waals surface area (Å²) in [6.07, 6.45) is 1.44. The van der Waals surface area contributed by atoms with Crippen LogP contribution in [0.5, 0.6) is 11.5 Å². The number of carboxylic acids is 1. The number of hydrogen-bond donors (Lipinski definition) is 2. The van der Waals surface area contributed by atoms with Crippen LogP contribution in [-0.4, -0.2) is 36.4 Å². The summed E-state index contributed by atoms with van der Waals surface area (Å²) < 4.78 is 18.7. The average molecular weight is 666 g/mol. The Morgan fingerprint density at radius 1 is 1.23 bits per heavy atom. The molecule has 2 aromatic carbocycles. The number of carboxylic acid groups (broad SMARTS) is 1. The molecule has 2 N–H and O–H groups in total. The van der Waals surface area contributed by atoms with Crippen LogP contribution in [-0.2, 0) is 4.79 Å². The van der Waals surface area contributed by atoms with Crippen molar-refractivity contribution in [2.24, 2.45) is 5.10 Å². The normalized spacial score (nSPS) is 11.1. The molecule has 0 bridgehead atoms. The number of amides is 1. The van der Waals surface area contributed by atoms with Gasteiger partial charge in [-0.15, -0.1) is 0 Å². The number of hydrazone groups is 1. The van der Waals surface area contributed by atoms with Gasteiger partial charge < -0.3 is 19.0 Å². The maximum Gasteiger partial charge on any atom is 0.341 e. The van der Waals surface area contributed by atoms with Crippen molar-refractivity contribution in [1.82, 2.24) is 5.43 Å². The summed E-state index contributed by atoms with van der Waals surface area (Å²) in [4.78, 5) is 23.2. The van der Waals surface area contributed by atoms with E-state index in [0.717, 1.165) is 14.3 Å². The Morgan fingerprint density at radius 2 is 2.00 bits per heavy atom. The Morgan fingerprint density at radius 3 is 2.71 bits per heavy atom. The fraction of sp³-hybridized carbons (Fsp3) is 0.150. The number of nitrogens with one attached hydrogen (secondary N) is 1. The van der Waals surface area contributed by atoms with Crippen LogP contribution in [0.4, 0.5) is 0 Å². The van der Waals surface area contributed by atoms with Crippen LogP contribution >= 0.6 is 54.5 Å². The van der Waals surface area contributed by atoms with E-state index in [1.54, 1.807) is 25.1 Å². The van der Waals surface area contributed by atoms with E-state index in [-0.39, 0.29) is 5.76 Å². The van der Waals surface area contributed by atoms with Crippen molar-refractivity contribution in [2.45, 2.75) is 6.92 Å². The van der Waals surface area contributed by atoms with Crippen molar-refractivity contribution in [3.05, 3.63) is 54.2 Å². The second-order valence-corrected chi connectivity index (χ2v) is 8.99. The number of hydrogen-bond acceptors (Lipinski definition) is 6. The molecule has 3 aromatic rings. The first kappa shape index (κ1) is 23.5. The van der Waals surface area contributed by atoms with Crippen LogP contribution in [0.15, 0.2) is 48.8 Å². The van der Waals surface area contributed by atoms with Crippen LogP contribution < -0.4 is 14.9 Å². The highest BCUT2D eigenvalue weighted by Gasteiger charge is 2.15. The number of aliphatic carboxylic acids is 1. The van der Waals surface area contributed by atoms with E-state index in [4.69, 9.17) is 19.0 Å². The number of rotatable bonds is 8. The molecule has 1 heterocycles. The number of nitrogens with zero attached hydrogens (tertiary/aromatic N) is 1. The molecule has 0 aliphatic heterocycles. The predicted molar refractivity (Wildman–Crippen MR) is 130 cm³/mol. The zero-order valence-electron chi connectivity index (χ0n) is 15.9. The Labute approximate surface area is 207 Å². The highest BCUT2D eigenvalue weighted by Crippen LogP contribution is 2.34. The Bertz CT molecular complexity index is 1180. The van der Waals surface area contributed by atoms with Crippen LogP contribution in [0, 0.1) is 3.57 Å². The molecule has 3 rings (SSSR count). The van der Waals surface area contributed by atoms with Crippen LogP contribution in [0.25, 0.3) is 11.0 Å². The zero-order chi connectivity index (χ0) is 22.5. The first-order valence-corrected chi connectivity index (χ1v) is 11.5.